The van der Waals surface area contributed by atoms with Crippen LogP contribution in [0.25, 0.3) is 16.7 Å². The minimum atomic E-state index is 0.677. The lowest BCUT2D eigenvalue weighted by atomic mass is 9.78. The maximum Gasteiger partial charge on any atom is -0.0162 e. The molecule has 0 N–H and O–H groups in total. The first-order valence-corrected chi connectivity index (χ1v) is 9.33. The van der Waals surface area contributed by atoms with Crippen LogP contribution in [-0.2, 0) is 0 Å². The molecular formula is C24H30. The normalized spacial score (nSPS) is 20.8. The topological polar surface area (TPSA) is 0 Å². The highest BCUT2D eigenvalue weighted by Gasteiger charge is 2.21. The second kappa shape index (κ2) is 6.97. The van der Waals surface area contributed by atoms with E-state index < -0.39 is 0 Å². The molecule has 1 saturated carbocycles. The fourth-order valence-electron chi connectivity index (χ4n) is 3.92. The van der Waals surface area contributed by atoms with Crippen molar-refractivity contribution in [1.29, 1.82) is 0 Å². The van der Waals surface area contributed by atoms with Crippen molar-refractivity contribution in [3.63, 3.8) is 0 Å². The third-order valence-electron chi connectivity index (χ3n) is 6.02. The molecule has 1 aliphatic rings. The molecule has 0 spiro atoms. The van der Waals surface area contributed by atoms with Crippen molar-refractivity contribution in [2.75, 3.05) is 0 Å². The summed E-state index contributed by atoms with van der Waals surface area (Å²) in [6.07, 6.45) is 5.31. The van der Waals surface area contributed by atoms with Gasteiger partial charge < -0.3 is 0 Å². The zero-order valence-electron chi connectivity index (χ0n) is 15.7. The van der Waals surface area contributed by atoms with Crippen molar-refractivity contribution in [2.24, 2.45) is 11.8 Å². The Hall–Kier alpha value is -1.82. The molecule has 0 heteroatoms. The molecular weight excluding hydrogens is 288 g/mol. The molecule has 0 atom stereocenters. The average Bonchev–Trinajstić information content (AvgIpc) is 2.59. The Bertz CT molecular complexity index is 702. The number of allylic oxidation sites excluding steroid dienone is 1. The van der Waals surface area contributed by atoms with Gasteiger partial charge in [0.15, 0.2) is 0 Å². The summed E-state index contributed by atoms with van der Waals surface area (Å²) in [6, 6.07) is 13.6. The van der Waals surface area contributed by atoms with Crippen LogP contribution in [0.3, 0.4) is 0 Å². The van der Waals surface area contributed by atoms with Crippen LogP contribution in [0, 0.1) is 32.6 Å². The van der Waals surface area contributed by atoms with Gasteiger partial charge >= 0.3 is 0 Å². The number of hydrogen-bond donors (Lipinski definition) is 0. The van der Waals surface area contributed by atoms with Crippen LogP contribution in [-0.4, -0.2) is 0 Å². The molecule has 24 heavy (non-hydrogen) atoms. The Morgan fingerprint density at radius 1 is 0.833 bits per heavy atom. The third-order valence-corrected chi connectivity index (χ3v) is 6.02. The van der Waals surface area contributed by atoms with Gasteiger partial charge in [-0.1, -0.05) is 62.7 Å². The van der Waals surface area contributed by atoms with Gasteiger partial charge in [0.1, 0.15) is 0 Å². The lowest BCUT2D eigenvalue weighted by Gasteiger charge is -2.28. The molecule has 1 aliphatic carbocycles. The van der Waals surface area contributed by atoms with Crippen LogP contribution in [0.5, 0.6) is 0 Å². The highest BCUT2D eigenvalue weighted by atomic mass is 14.3. The second-order valence-electron chi connectivity index (χ2n) is 7.79. The van der Waals surface area contributed by atoms with Gasteiger partial charge in [0, 0.05) is 0 Å². The molecule has 0 bridgehead atoms. The molecule has 126 valence electrons. The largest absolute Gasteiger partial charge is 0.0950 e. The zero-order chi connectivity index (χ0) is 17.3. The maximum atomic E-state index is 4.42. The van der Waals surface area contributed by atoms with E-state index in [0.29, 0.717) is 5.92 Å². The molecule has 0 unspecified atom stereocenters. The van der Waals surface area contributed by atoms with Gasteiger partial charge in [-0.2, -0.15) is 0 Å². The summed E-state index contributed by atoms with van der Waals surface area (Å²) in [7, 11) is 0. The number of aryl methyl sites for hydroxylation is 2. The Morgan fingerprint density at radius 2 is 1.38 bits per heavy atom. The first kappa shape index (κ1) is 17.0. The Morgan fingerprint density at radius 3 is 1.92 bits per heavy atom. The van der Waals surface area contributed by atoms with Gasteiger partial charge in [-0.05, 0) is 84.4 Å². The average molecular weight is 319 g/mol. The number of benzene rings is 2. The van der Waals surface area contributed by atoms with Crippen LogP contribution < -0.4 is 0 Å². The summed E-state index contributed by atoms with van der Waals surface area (Å²) in [5, 5.41) is 0. The molecule has 2 aromatic rings. The lowest BCUT2D eigenvalue weighted by molar-refractivity contribution is 0.337. The fourth-order valence-corrected chi connectivity index (χ4v) is 3.92. The highest BCUT2D eigenvalue weighted by Crippen LogP contribution is 2.37. The molecule has 0 aliphatic heterocycles. The van der Waals surface area contributed by atoms with Gasteiger partial charge in [0.2, 0.25) is 0 Å². The molecule has 0 radical (unpaired) electrons. The third kappa shape index (κ3) is 3.48. The van der Waals surface area contributed by atoms with Crippen molar-refractivity contribution in [3.8, 4) is 11.1 Å². The van der Waals surface area contributed by atoms with Crippen molar-refractivity contribution < 1.29 is 0 Å². The number of rotatable bonds is 3. The molecule has 0 amide bonds. The predicted octanol–water partition coefficient (Wildman–Crippen LogP) is 7.12. The quantitative estimate of drug-likeness (QED) is 0.565. The summed E-state index contributed by atoms with van der Waals surface area (Å²) >= 11 is 0. The van der Waals surface area contributed by atoms with Gasteiger partial charge in [-0.15, -0.1) is 0 Å². The van der Waals surface area contributed by atoms with E-state index in [4.69, 9.17) is 0 Å². The Balaban J connectivity index is 1.79. The molecule has 0 aromatic heterocycles. The van der Waals surface area contributed by atoms with Gasteiger partial charge in [0.05, 0.1) is 0 Å². The van der Waals surface area contributed by atoms with Crippen molar-refractivity contribution >= 4 is 5.57 Å². The van der Waals surface area contributed by atoms with E-state index in [1.165, 1.54) is 64.6 Å². The monoisotopic (exact) mass is 318 g/mol. The van der Waals surface area contributed by atoms with E-state index in [-0.39, 0.29) is 0 Å². The van der Waals surface area contributed by atoms with Crippen LogP contribution in [0.1, 0.15) is 54.9 Å². The van der Waals surface area contributed by atoms with Crippen LogP contribution >= 0.6 is 0 Å². The molecule has 3 rings (SSSR count). The zero-order valence-corrected chi connectivity index (χ0v) is 15.7. The molecule has 0 heterocycles. The van der Waals surface area contributed by atoms with E-state index >= 15 is 0 Å². The lowest BCUT2D eigenvalue weighted by Crippen LogP contribution is -2.13. The summed E-state index contributed by atoms with van der Waals surface area (Å²) in [5.74, 6) is 1.57. The first-order chi connectivity index (χ1) is 11.5. The summed E-state index contributed by atoms with van der Waals surface area (Å²) in [5.41, 5.74) is 9.41. The summed E-state index contributed by atoms with van der Waals surface area (Å²) in [4.78, 5) is 0. The van der Waals surface area contributed by atoms with Crippen LogP contribution in [0.15, 0.2) is 43.0 Å². The van der Waals surface area contributed by atoms with Gasteiger partial charge in [-0.25, -0.2) is 0 Å². The van der Waals surface area contributed by atoms with E-state index in [1.54, 1.807) is 0 Å². The van der Waals surface area contributed by atoms with Crippen LogP contribution in [0.2, 0.25) is 0 Å². The maximum absolute atomic E-state index is 4.42. The molecule has 2 aromatic carbocycles. The standard InChI is InChI=1S/C24H30/c1-16-6-8-21(9-7-16)20(5)22-10-12-23(13-11-22)24-14-17(2)19(4)18(3)15-24/h10-16,21H,5-9H2,1-4H3. The van der Waals surface area contributed by atoms with Gasteiger partial charge in [-0.3, -0.25) is 0 Å². The van der Waals surface area contributed by atoms with Crippen molar-refractivity contribution in [3.05, 3.63) is 65.2 Å². The minimum Gasteiger partial charge on any atom is -0.0950 e. The first-order valence-electron chi connectivity index (χ1n) is 9.33. The van der Waals surface area contributed by atoms with Crippen LogP contribution in [0.4, 0.5) is 0 Å². The Labute approximate surface area is 147 Å². The van der Waals surface area contributed by atoms with Crippen molar-refractivity contribution in [2.45, 2.75) is 53.4 Å². The second-order valence-corrected chi connectivity index (χ2v) is 7.79. The molecule has 0 nitrogen and oxygen atoms in total. The summed E-state index contributed by atoms with van der Waals surface area (Å²) < 4.78 is 0. The van der Waals surface area contributed by atoms with Gasteiger partial charge in [0.25, 0.3) is 0 Å². The summed E-state index contributed by atoms with van der Waals surface area (Å²) in [6.45, 7) is 13.4. The number of hydrogen-bond acceptors (Lipinski definition) is 0. The minimum absolute atomic E-state index is 0.677. The highest BCUT2D eigenvalue weighted by molar-refractivity contribution is 5.71. The molecule has 0 saturated heterocycles. The molecule has 1 fully saturated rings. The van der Waals surface area contributed by atoms with E-state index in [1.807, 2.05) is 0 Å². The smallest absolute Gasteiger partial charge is 0.0162 e. The Kier molecular flexibility index (Phi) is 4.94. The van der Waals surface area contributed by atoms with E-state index in [2.05, 4.69) is 70.7 Å². The van der Waals surface area contributed by atoms with Crippen molar-refractivity contribution in [1.82, 2.24) is 0 Å². The predicted molar refractivity (Wildman–Crippen MR) is 106 cm³/mol. The van der Waals surface area contributed by atoms with E-state index in [0.717, 1.165) is 5.92 Å². The fraction of sp³-hybridized carbons (Fsp3) is 0.417. The SMILES string of the molecule is C=C(c1ccc(-c2cc(C)c(C)c(C)c2)cc1)C1CCC(C)CC1. The van der Waals surface area contributed by atoms with E-state index in [9.17, 15) is 0 Å².